The summed E-state index contributed by atoms with van der Waals surface area (Å²) in [6, 6.07) is 47.6. The van der Waals surface area contributed by atoms with Crippen molar-refractivity contribution in [2.75, 3.05) is 23.7 Å². The maximum absolute atomic E-state index is 7.31. The predicted octanol–water partition coefficient (Wildman–Crippen LogP) is 19.4. The quantitative estimate of drug-likeness (QED) is 0.181. The number of hydrogen-bond donors (Lipinski definition) is 2. The van der Waals surface area contributed by atoms with Gasteiger partial charge < -0.3 is 24.8 Å². The largest absolute Gasteiger partial charge is 0.457 e. The molecule has 5 heteroatoms. The molecule has 0 saturated heterocycles. The van der Waals surface area contributed by atoms with E-state index in [2.05, 4.69) is 172 Å². The lowest BCUT2D eigenvalue weighted by molar-refractivity contribution is 0.133. The zero-order valence-electron chi connectivity index (χ0n) is 42.8. The molecule has 8 bridgehead atoms. The molecule has 8 aliphatic rings. The van der Waals surface area contributed by atoms with Crippen LogP contribution in [0.5, 0.6) is 34.5 Å². The van der Waals surface area contributed by atoms with Gasteiger partial charge in [-0.25, -0.2) is 0 Å². The molecule has 15 rings (SSSR count). The number of nitrogens with one attached hydrogen (secondary N) is 2. The second kappa shape index (κ2) is 21.9. The number of fused-ring (bicyclic) bond motifs is 9. The average Bonchev–Trinajstić information content (AvgIpc) is 3.66. The Bertz CT molecular complexity index is 2920. The summed E-state index contributed by atoms with van der Waals surface area (Å²) in [6.07, 6.45) is 24.6. The van der Waals surface area contributed by atoms with E-state index in [1.807, 2.05) is 12.1 Å². The first-order valence-electron chi connectivity index (χ1n) is 27.1. The number of rotatable bonds is 2. The van der Waals surface area contributed by atoms with Crippen LogP contribution in [0, 0.1) is 19.3 Å². The SMILES string of the molecule is CCC1(CC)CCC2(CC1)c1cc(C)ccc1-c1c2c2c(c3cc(C)ccc13)Oc1ccc(cc1)Oc1ccc(cc1)NCCCCCCCCCCCCNc1ccc(cc1)Oc1ccc(cc1)C=C2. The van der Waals surface area contributed by atoms with Crippen LogP contribution in [0.4, 0.5) is 11.4 Å². The van der Waals surface area contributed by atoms with E-state index in [1.54, 1.807) is 0 Å². The van der Waals surface area contributed by atoms with E-state index >= 15 is 0 Å². The van der Waals surface area contributed by atoms with Gasteiger partial charge in [-0.05, 0) is 182 Å². The van der Waals surface area contributed by atoms with Crippen LogP contribution < -0.4 is 24.8 Å². The van der Waals surface area contributed by atoms with Crippen molar-refractivity contribution in [3.8, 4) is 45.6 Å². The highest BCUT2D eigenvalue weighted by Gasteiger charge is 2.50. The molecule has 71 heavy (non-hydrogen) atoms. The molecule has 0 atom stereocenters. The molecule has 6 heterocycles. The van der Waals surface area contributed by atoms with Crippen LogP contribution in [0.1, 0.15) is 150 Å². The van der Waals surface area contributed by atoms with Crippen molar-refractivity contribution in [2.24, 2.45) is 5.41 Å². The minimum absolute atomic E-state index is 0.140. The number of anilines is 2. The van der Waals surface area contributed by atoms with Crippen molar-refractivity contribution in [1.82, 2.24) is 0 Å². The van der Waals surface area contributed by atoms with E-state index in [0.717, 1.165) is 88.3 Å². The summed E-state index contributed by atoms with van der Waals surface area (Å²) >= 11 is 0. The Morgan fingerprint density at radius 1 is 0.451 bits per heavy atom. The van der Waals surface area contributed by atoms with E-state index < -0.39 is 0 Å². The smallest absolute Gasteiger partial charge is 0.142 e. The molecule has 1 spiro atoms. The Morgan fingerprint density at radius 2 is 0.915 bits per heavy atom. The first kappa shape index (κ1) is 48.2. The summed E-state index contributed by atoms with van der Waals surface area (Å²) in [5.41, 5.74) is 12.9. The Labute approximate surface area is 424 Å². The zero-order chi connectivity index (χ0) is 48.6. The summed E-state index contributed by atoms with van der Waals surface area (Å²) in [5, 5.41) is 9.62. The topological polar surface area (TPSA) is 51.8 Å². The maximum Gasteiger partial charge on any atom is 0.142 e. The number of ether oxygens (including phenoxy) is 3. The van der Waals surface area contributed by atoms with Crippen molar-refractivity contribution in [3.05, 3.63) is 167 Å². The molecule has 366 valence electrons. The number of benzene rings is 7. The van der Waals surface area contributed by atoms with Crippen LogP contribution in [0.15, 0.2) is 133 Å². The Hall–Kier alpha value is -6.46. The third-order valence-electron chi connectivity index (χ3n) is 16.4. The van der Waals surface area contributed by atoms with Crippen molar-refractivity contribution >= 4 is 34.3 Å². The van der Waals surface area contributed by atoms with Crippen molar-refractivity contribution in [1.29, 1.82) is 0 Å². The molecule has 5 nitrogen and oxygen atoms in total. The summed E-state index contributed by atoms with van der Waals surface area (Å²) in [7, 11) is 0. The standard InChI is InChI=1S/C66H74N2O3/c1-5-65(6-2)39-41-66(42-40-65)61-46-48(4)18-37-58(61)62-57-36-17-47(3)45-60(57)64-59(63(62)66)38-21-49-19-26-52(27-20-49)69-53-28-22-50(23-29-53)67-43-15-13-11-9-7-8-10-12-14-16-44-68-51-24-30-54(31-25-51)70-55-32-34-56(71-64)35-33-55/h17-38,45-46,67-68H,5-16,39-44H2,1-4H3. The molecule has 0 amide bonds. The molecular weight excluding hydrogens is 869 g/mol. The summed E-state index contributed by atoms with van der Waals surface area (Å²) in [5.74, 6) is 4.91. The fourth-order valence-electron chi connectivity index (χ4n) is 11.9. The molecule has 2 aliphatic carbocycles. The molecule has 0 radical (unpaired) electrons. The van der Waals surface area contributed by atoms with Crippen molar-refractivity contribution in [3.63, 3.8) is 0 Å². The van der Waals surface area contributed by atoms with Crippen LogP contribution >= 0.6 is 0 Å². The van der Waals surface area contributed by atoms with Crippen molar-refractivity contribution < 1.29 is 14.2 Å². The Morgan fingerprint density at radius 3 is 1.45 bits per heavy atom. The molecule has 0 aromatic heterocycles. The maximum atomic E-state index is 7.31. The lowest BCUT2D eigenvalue weighted by Gasteiger charge is -2.46. The second-order valence-electron chi connectivity index (χ2n) is 21.0. The number of aryl methyl sites for hydroxylation is 2. The van der Waals surface area contributed by atoms with Crippen LogP contribution in [0.2, 0.25) is 0 Å². The van der Waals surface area contributed by atoms with Crippen molar-refractivity contribution in [2.45, 2.75) is 136 Å². The van der Waals surface area contributed by atoms with E-state index in [0.29, 0.717) is 5.41 Å². The second-order valence-corrected chi connectivity index (χ2v) is 21.0. The molecule has 2 N–H and O–H groups in total. The summed E-state index contributed by atoms with van der Waals surface area (Å²) in [4.78, 5) is 0. The average molecular weight is 943 g/mol. The molecule has 1 saturated carbocycles. The minimum atomic E-state index is -0.140. The Balaban J connectivity index is 1.02. The van der Waals surface area contributed by atoms with E-state index in [9.17, 15) is 0 Å². The normalized spacial score (nSPS) is 17.2. The van der Waals surface area contributed by atoms with Gasteiger partial charge in [0, 0.05) is 40.8 Å². The number of hydrogen-bond acceptors (Lipinski definition) is 5. The third-order valence-corrected chi connectivity index (χ3v) is 16.4. The van der Waals surface area contributed by atoms with Gasteiger partial charge in [0.2, 0.25) is 0 Å². The van der Waals surface area contributed by atoms with Gasteiger partial charge >= 0.3 is 0 Å². The molecule has 1 fully saturated rings. The van der Waals surface area contributed by atoms with E-state index in [4.69, 9.17) is 14.2 Å². The zero-order valence-corrected chi connectivity index (χ0v) is 42.8. The van der Waals surface area contributed by atoms with Gasteiger partial charge in [0.1, 0.15) is 34.5 Å². The predicted molar refractivity (Wildman–Crippen MR) is 299 cm³/mol. The van der Waals surface area contributed by atoms with Gasteiger partial charge in [-0.1, -0.05) is 144 Å². The van der Waals surface area contributed by atoms with Gasteiger partial charge in [-0.15, -0.1) is 0 Å². The third kappa shape index (κ3) is 10.8. The van der Waals surface area contributed by atoms with E-state index in [1.165, 1.54) is 129 Å². The molecule has 6 aliphatic heterocycles. The van der Waals surface area contributed by atoms with Gasteiger partial charge in [0.15, 0.2) is 0 Å². The monoisotopic (exact) mass is 943 g/mol. The Kier molecular flexibility index (Phi) is 14.9. The summed E-state index contributed by atoms with van der Waals surface area (Å²) in [6.45, 7) is 11.2. The first-order chi connectivity index (χ1) is 34.8. The first-order valence-corrected chi connectivity index (χ1v) is 27.1. The van der Waals surface area contributed by atoms with Gasteiger partial charge in [-0.2, -0.15) is 0 Å². The molecule has 0 unspecified atom stereocenters. The lowest BCUT2D eigenvalue weighted by atomic mass is 9.58. The highest BCUT2D eigenvalue weighted by atomic mass is 16.5. The highest BCUT2D eigenvalue weighted by Crippen LogP contribution is 2.63. The van der Waals surface area contributed by atoms with Crippen LogP contribution in [0.3, 0.4) is 0 Å². The molecular formula is C66H74N2O3. The van der Waals surface area contributed by atoms with Gasteiger partial charge in [-0.3, -0.25) is 0 Å². The van der Waals surface area contributed by atoms with Gasteiger partial charge in [0.05, 0.1) is 0 Å². The fourth-order valence-corrected chi connectivity index (χ4v) is 11.9. The summed E-state index contributed by atoms with van der Waals surface area (Å²) < 4.78 is 20.1. The molecule has 7 aromatic carbocycles. The minimum Gasteiger partial charge on any atom is -0.457 e. The van der Waals surface area contributed by atoms with Crippen LogP contribution in [-0.4, -0.2) is 13.1 Å². The molecule has 7 aromatic rings. The van der Waals surface area contributed by atoms with Crippen LogP contribution in [-0.2, 0) is 5.41 Å². The van der Waals surface area contributed by atoms with Gasteiger partial charge in [0.25, 0.3) is 0 Å². The lowest BCUT2D eigenvalue weighted by Crippen LogP contribution is -2.37. The fraction of sp³-hybridized carbons (Fsp3) is 0.364. The van der Waals surface area contributed by atoms with E-state index in [-0.39, 0.29) is 5.41 Å². The van der Waals surface area contributed by atoms with Crippen LogP contribution in [0.25, 0.3) is 34.1 Å². The highest BCUT2D eigenvalue weighted by molar-refractivity contribution is 6.09.